The Bertz CT molecular complexity index is 1010. The zero-order chi connectivity index (χ0) is 20.8. The van der Waals surface area contributed by atoms with Crippen LogP contribution in [-0.4, -0.2) is 38.7 Å². The summed E-state index contributed by atoms with van der Waals surface area (Å²) in [6.07, 6.45) is 0. The number of aryl methyl sites for hydroxylation is 2. The van der Waals surface area contributed by atoms with E-state index >= 15 is 0 Å². The van der Waals surface area contributed by atoms with Crippen LogP contribution < -0.4 is 10.6 Å². The molecule has 29 heavy (non-hydrogen) atoms. The van der Waals surface area contributed by atoms with Crippen LogP contribution in [0.2, 0.25) is 0 Å². The third-order valence-electron chi connectivity index (χ3n) is 4.16. The maximum atomic E-state index is 12.8. The minimum atomic E-state index is -0.700. The Balaban J connectivity index is 1.92. The predicted octanol–water partition coefficient (Wildman–Crippen LogP) is 2.96. The molecule has 150 valence electrons. The molecule has 0 saturated carbocycles. The lowest BCUT2D eigenvalue weighted by molar-refractivity contribution is -0.119. The number of imide groups is 1. The van der Waals surface area contributed by atoms with E-state index in [-0.39, 0.29) is 0 Å². The van der Waals surface area contributed by atoms with E-state index in [1.54, 1.807) is 11.6 Å². The molecule has 0 aliphatic rings. The largest absolute Gasteiger partial charge is 0.338 e. The van der Waals surface area contributed by atoms with Crippen LogP contribution in [0.4, 0.5) is 4.79 Å². The monoisotopic (exact) mass is 410 g/mol. The fourth-order valence-electron chi connectivity index (χ4n) is 2.83. The standard InChI is InChI=1S/C20H22N6O2S/c1-4-21-19(28)22-18(27)17(15-8-6-5-7-9-15)29-20-23-24-25-26(20)16-11-10-13(2)12-14(16)3/h5-12,17H,4H2,1-3H3,(H2,21,22,27,28)/t17-/m0/s1. The Hall–Kier alpha value is -3.20. The van der Waals surface area contributed by atoms with E-state index < -0.39 is 17.2 Å². The van der Waals surface area contributed by atoms with Gasteiger partial charge in [0, 0.05) is 6.54 Å². The van der Waals surface area contributed by atoms with Crippen molar-refractivity contribution in [3.8, 4) is 5.69 Å². The molecule has 8 nitrogen and oxygen atoms in total. The number of nitrogens with one attached hydrogen (secondary N) is 2. The Kier molecular flexibility index (Phi) is 6.61. The normalized spacial score (nSPS) is 11.7. The molecule has 2 N–H and O–H groups in total. The Morgan fingerprint density at radius 2 is 1.90 bits per heavy atom. The molecule has 2 aromatic carbocycles. The Labute approximate surface area is 173 Å². The molecular weight excluding hydrogens is 388 g/mol. The second-order valence-electron chi connectivity index (χ2n) is 6.42. The van der Waals surface area contributed by atoms with Crippen molar-refractivity contribution in [3.05, 3.63) is 65.2 Å². The summed E-state index contributed by atoms with van der Waals surface area (Å²) in [7, 11) is 0. The average molecular weight is 411 g/mol. The van der Waals surface area contributed by atoms with Crippen molar-refractivity contribution in [2.75, 3.05) is 6.54 Å². The molecule has 0 bridgehead atoms. The summed E-state index contributed by atoms with van der Waals surface area (Å²) in [6.45, 7) is 6.21. The highest BCUT2D eigenvalue weighted by Gasteiger charge is 2.26. The molecule has 3 aromatic rings. The van der Waals surface area contributed by atoms with Gasteiger partial charge in [0.05, 0.1) is 5.69 Å². The van der Waals surface area contributed by atoms with Gasteiger partial charge in [0.2, 0.25) is 11.1 Å². The number of hydrogen-bond donors (Lipinski definition) is 2. The first-order valence-electron chi connectivity index (χ1n) is 9.16. The Morgan fingerprint density at radius 1 is 1.14 bits per heavy atom. The van der Waals surface area contributed by atoms with E-state index in [2.05, 4.69) is 26.2 Å². The number of carbonyl (C=O) groups is 2. The van der Waals surface area contributed by atoms with Crippen molar-refractivity contribution in [1.29, 1.82) is 0 Å². The second kappa shape index (κ2) is 9.33. The Morgan fingerprint density at radius 3 is 2.59 bits per heavy atom. The zero-order valence-electron chi connectivity index (χ0n) is 16.4. The summed E-state index contributed by atoms with van der Waals surface area (Å²) in [5.74, 6) is -0.442. The van der Waals surface area contributed by atoms with Crippen molar-refractivity contribution in [1.82, 2.24) is 30.8 Å². The van der Waals surface area contributed by atoms with Crippen LogP contribution in [0.1, 0.15) is 28.9 Å². The van der Waals surface area contributed by atoms with E-state index in [1.807, 2.05) is 62.4 Å². The van der Waals surface area contributed by atoms with Gasteiger partial charge in [-0.3, -0.25) is 10.1 Å². The van der Waals surface area contributed by atoms with Crippen LogP contribution in [0.15, 0.2) is 53.7 Å². The van der Waals surface area contributed by atoms with Crippen LogP contribution in [0, 0.1) is 13.8 Å². The van der Waals surface area contributed by atoms with E-state index in [9.17, 15) is 9.59 Å². The van der Waals surface area contributed by atoms with Crippen LogP contribution in [0.25, 0.3) is 5.69 Å². The molecule has 0 spiro atoms. The molecule has 0 saturated heterocycles. The molecule has 0 unspecified atom stereocenters. The number of urea groups is 1. The minimum Gasteiger partial charge on any atom is -0.338 e. The van der Waals surface area contributed by atoms with Gasteiger partial charge in [0.15, 0.2) is 0 Å². The van der Waals surface area contributed by atoms with Gasteiger partial charge in [-0.2, -0.15) is 4.68 Å². The molecule has 0 aliphatic heterocycles. The SMILES string of the molecule is CCNC(=O)NC(=O)[C@@H](Sc1nnnn1-c1ccc(C)cc1C)c1ccccc1. The summed E-state index contributed by atoms with van der Waals surface area (Å²) in [5, 5.41) is 16.7. The number of rotatable bonds is 6. The molecule has 3 amide bonds. The van der Waals surface area contributed by atoms with Crippen molar-refractivity contribution in [2.24, 2.45) is 0 Å². The second-order valence-corrected chi connectivity index (χ2v) is 7.49. The number of benzene rings is 2. The number of thioether (sulfide) groups is 1. The highest BCUT2D eigenvalue weighted by atomic mass is 32.2. The molecule has 1 heterocycles. The molecule has 1 atom stereocenters. The number of aromatic nitrogens is 4. The van der Waals surface area contributed by atoms with E-state index in [0.717, 1.165) is 22.4 Å². The lowest BCUT2D eigenvalue weighted by Crippen LogP contribution is -2.41. The highest BCUT2D eigenvalue weighted by Crippen LogP contribution is 2.35. The van der Waals surface area contributed by atoms with Gasteiger partial charge in [0.1, 0.15) is 5.25 Å². The first kappa shape index (κ1) is 20.5. The van der Waals surface area contributed by atoms with Crippen molar-refractivity contribution in [3.63, 3.8) is 0 Å². The molecule has 1 aromatic heterocycles. The first-order chi connectivity index (χ1) is 14.0. The van der Waals surface area contributed by atoms with Gasteiger partial charge in [-0.1, -0.05) is 59.8 Å². The van der Waals surface area contributed by atoms with E-state index in [0.29, 0.717) is 11.7 Å². The average Bonchev–Trinajstić information content (AvgIpc) is 3.15. The van der Waals surface area contributed by atoms with Crippen LogP contribution >= 0.6 is 11.8 Å². The molecule has 9 heteroatoms. The number of carbonyl (C=O) groups excluding carboxylic acids is 2. The maximum absolute atomic E-state index is 12.8. The zero-order valence-corrected chi connectivity index (χ0v) is 17.2. The first-order valence-corrected chi connectivity index (χ1v) is 10.0. The van der Waals surface area contributed by atoms with Gasteiger partial charge < -0.3 is 5.32 Å². The van der Waals surface area contributed by atoms with Crippen LogP contribution in [-0.2, 0) is 4.79 Å². The van der Waals surface area contributed by atoms with E-state index in [1.165, 1.54) is 11.8 Å². The molecular formula is C20H22N6O2S. The predicted molar refractivity (Wildman–Crippen MR) is 111 cm³/mol. The van der Waals surface area contributed by atoms with Crippen molar-refractivity contribution < 1.29 is 9.59 Å². The summed E-state index contributed by atoms with van der Waals surface area (Å²) < 4.78 is 1.61. The molecule has 0 fully saturated rings. The van der Waals surface area contributed by atoms with Gasteiger partial charge in [0.25, 0.3) is 0 Å². The number of tetrazole rings is 1. The maximum Gasteiger partial charge on any atom is 0.321 e. The van der Waals surface area contributed by atoms with Crippen LogP contribution in [0.3, 0.4) is 0 Å². The summed E-state index contributed by atoms with van der Waals surface area (Å²) >= 11 is 1.19. The fraction of sp³-hybridized carbons (Fsp3) is 0.250. The molecule has 0 aliphatic carbocycles. The number of amides is 3. The highest BCUT2D eigenvalue weighted by molar-refractivity contribution is 8.00. The lowest BCUT2D eigenvalue weighted by atomic mass is 10.1. The lowest BCUT2D eigenvalue weighted by Gasteiger charge is -2.16. The van der Waals surface area contributed by atoms with Gasteiger partial charge in [-0.05, 0) is 48.4 Å². The van der Waals surface area contributed by atoms with Crippen molar-refractivity contribution >= 4 is 23.7 Å². The quantitative estimate of drug-likeness (QED) is 0.606. The third kappa shape index (κ3) is 5.00. The summed E-state index contributed by atoms with van der Waals surface area (Å²) in [6, 6.07) is 14.7. The summed E-state index contributed by atoms with van der Waals surface area (Å²) in [5.41, 5.74) is 3.73. The number of hydrogen-bond acceptors (Lipinski definition) is 6. The van der Waals surface area contributed by atoms with E-state index in [4.69, 9.17) is 0 Å². The number of nitrogens with zero attached hydrogens (tertiary/aromatic N) is 4. The van der Waals surface area contributed by atoms with Gasteiger partial charge in [-0.15, -0.1) is 5.10 Å². The third-order valence-corrected chi connectivity index (χ3v) is 5.35. The van der Waals surface area contributed by atoms with Gasteiger partial charge in [-0.25, -0.2) is 4.79 Å². The van der Waals surface area contributed by atoms with Gasteiger partial charge >= 0.3 is 6.03 Å². The smallest absolute Gasteiger partial charge is 0.321 e. The fourth-order valence-corrected chi connectivity index (χ4v) is 3.82. The molecule has 3 rings (SSSR count). The molecule has 0 radical (unpaired) electrons. The van der Waals surface area contributed by atoms with Crippen LogP contribution in [0.5, 0.6) is 0 Å². The van der Waals surface area contributed by atoms with Crippen molar-refractivity contribution in [2.45, 2.75) is 31.2 Å². The minimum absolute atomic E-state index is 0.424. The topological polar surface area (TPSA) is 102 Å². The summed E-state index contributed by atoms with van der Waals surface area (Å²) in [4.78, 5) is 24.7.